The molecule has 1 spiro atoms. The van der Waals surface area contributed by atoms with Gasteiger partial charge in [0, 0.05) is 12.1 Å². The quantitative estimate of drug-likeness (QED) is 0.515. The monoisotopic (exact) mass is 139 g/mol. The molecule has 2 heteroatoms. The van der Waals surface area contributed by atoms with E-state index in [1.54, 1.807) is 0 Å². The van der Waals surface area contributed by atoms with Gasteiger partial charge in [-0.2, -0.15) is 0 Å². The molecule has 2 aliphatic heterocycles. The Kier molecular flexibility index (Phi) is 1.66. The van der Waals surface area contributed by atoms with Crippen LogP contribution in [0.15, 0.2) is 0 Å². The van der Waals surface area contributed by atoms with Crippen molar-refractivity contribution in [3.05, 3.63) is 6.54 Å². The lowest BCUT2D eigenvalue weighted by atomic mass is 9.88. The molecule has 2 aliphatic rings. The molecule has 0 amide bonds. The Balaban J connectivity index is 1.98. The Bertz CT molecular complexity index is 108. The summed E-state index contributed by atoms with van der Waals surface area (Å²) in [4.78, 5) is 0. The van der Waals surface area contributed by atoms with Gasteiger partial charge in [0.1, 0.15) is 0 Å². The third-order valence-electron chi connectivity index (χ3n) is 2.62. The van der Waals surface area contributed by atoms with Crippen molar-refractivity contribution in [2.45, 2.75) is 31.2 Å². The van der Waals surface area contributed by atoms with Crippen LogP contribution in [0.25, 0.3) is 0 Å². The minimum atomic E-state index is 0.387. The predicted octanol–water partition coefficient (Wildman–Crippen LogP) is 0.654. The number of rotatable bonds is 0. The maximum absolute atomic E-state index is 3.58. The van der Waals surface area contributed by atoms with Crippen molar-refractivity contribution in [2.24, 2.45) is 0 Å². The summed E-state index contributed by atoms with van der Waals surface area (Å²) in [6.45, 7) is 4.62. The van der Waals surface area contributed by atoms with Gasteiger partial charge in [-0.25, -0.2) is 0 Å². The van der Waals surface area contributed by atoms with E-state index in [1.165, 1.54) is 32.2 Å². The van der Waals surface area contributed by atoms with Gasteiger partial charge in [0.25, 0.3) is 0 Å². The zero-order chi connectivity index (χ0) is 6.86. The van der Waals surface area contributed by atoms with Gasteiger partial charge in [0.2, 0.25) is 0 Å². The summed E-state index contributed by atoms with van der Waals surface area (Å²) >= 11 is 0. The van der Waals surface area contributed by atoms with Gasteiger partial charge in [-0.3, -0.25) is 0 Å². The van der Waals surface area contributed by atoms with E-state index in [-0.39, 0.29) is 0 Å². The first-order valence-corrected chi connectivity index (χ1v) is 4.24. The van der Waals surface area contributed by atoms with E-state index in [9.17, 15) is 0 Å². The molecule has 2 nitrogen and oxygen atoms in total. The molecular weight excluding hydrogens is 124 g/mol. The van der Waals surface area contributed by atoms with E-state index < -0.39 is 0 Å². The fourth-order valence-electron chi connectivity index (χ4n) is 1.96. The molecule has 0 aromatic heterocycles. The first-order chi connectivity index (χ1) is 4.91. The van der Waals surface area contributed by atoms with Crippen molar-refractivity contribution in [1.29, 1.82) is 0 Å². The van der Waals surface area contributed by atoms with E-state index in [4.69, 9.17) is 0 Å². The molecule has 2 N–H and O–H groups in total. The van der Waals surface area contributed by atoms with Gasteiger partial charge in [0.05, 0.1) is 0 Å². The Morgan fingerprint density at radius 3 is 2.70 bits per heavy atom. The minimum Gasteiger partial charge on any atom is -0.311 e. The summed E-state index contributed by atoms with van der Waals surface area (Å²) in [5, 5.41) is 6.87. The van der Waals surface area contributed by atoms with Crippen molar-refractivity contribution in [1.82, 2.24) is 10.6 Å². The van der Waals surface area contributed by atoms with Crippen LogP contribution in [-0.2, 0) is 0 Å². The average molecular weight is 139 g/mol. The lowest BCUT2D eigenvalue weighted by Crippen LogP contribution is -2.47. The molecule has 2 heterocycles. The highest BCUT2D eigenvalue weighted by molar-refractivity contribution is 5.05. The predicted molar refractivity (Wildman–Crippen MR) is 41.5 cm³/mol. The zero-order valence-electron chi connectivity index (χ0n) is 6.32. The van der Waals surface area contributed by atoms with Gasteiger partial charge in [0.15, 0.2) is 0 Å². The molecule has 1 unspecified atom stereocenters. The normalized spacial score (nSPS) is 40.8. The zero-order valence-corrected chi connectivity index (χ0v) is 6.32. The van der Waals surface area contributed by atoms with Crippen LogP contribution in [0.4, 0.5) is 0 Å². The first kappa shape index (κ1) is 6.62. The van der Waals surface area contributed by atoms with Crippen molar-refractivity contribution in [3.8, 4) is 0 Å². The van der Waals surface area contributed by atoms with Crippen molar-refractivity contribution >= 4 is 0 Å². The van der Waals surface area contributed by atoms with E-state index in [1.807, 2.05) is 0 Å². The summed E-state index contributed by atoms with van der Waals surface area (Å²) in [7, 11) is 0. The number of piperidine rings is 1. The SMILES string of the molecule is [CH]1NCCC12CCCCN2. The maximum Gasteiger partial charge on any atom is 0.0423 e. The third-order valence-corrected chi connectivity index (χ3v) is 2.62. The van der Waals surface area contributed by atoms with Crippen LogP contribution in [-0.4, -0.2) is 18.6 Å². The lowest BCUT2D eigenvalue weighted by molar-refractivity contribution is 0.303. The molecular formula is C8H15N2. The molecule has 57 valence electrons. The number of hydrogen-bond acceptors (Lipinski definition) is 2. The molecule has 0 aromatic carbocycles. The molecule has 0 saturated carbocycles. The Labute approximate surface area is 62.4 Å². The van der Waals surface area contributed by atoms with Crippen LogP contribution in [0, 0.1) is 6.54 Å². The molecule has 2 saturated heterocycles. The van der Waals surface area contributed by atoms with E-state index >= 15 is 0 Å². The van der Waals surface area contributed by atoms with Crippen molar-refractivity contribution in [2.75, 3.05) is 13.1 Å². The third kappa shape index (κ3) is 1.06. The summed E-state index contributed by atoms with van der Waals surface area (Å²) in [6.07, 6.45) is 5.37. The van der Waals surface area contributed by atoms with Gasteiger partial charge in [-0.1, -0.05) is 6.42 Å². The maximum atomic E-state index is 3.58. The lowest BCUT2D eigenvalue weighted by Gasteiger charge is -2.33. The smallest absolute Gasteiger partial charge is 0.0423 e. The Morgan fingerprint density at radius 1 is 1.10 bits per heavy atom. The van der Waals surface area contributed by atoms with E-state index in [0.717, 1.165) is 6.54 Å². The van der Waals surface area contributed by atoms with Crippen LogP contribution in [0.2, 0.25) is 0 Å². The van der Waals surface area contributed by atoms with E-state index in [2.05, 4.69) is 17.2 Å². The highest BCUT2D eigenvalue weighted by Gasteiger charge is 2.34. The molecule has 1 radical (unpaired) electrons. The standard InChI is InChI=1S/C8H15N2/c1-2-5-10-8(3-1)4-6-9-7-8/h7,9-10H,1-6H2. The van der Waals surface area contributed by atoms with Crippen molar-refractivity contribution < 1.29 is 0 Å². The molecule has 1 atom stereocenters. The minimum absolute atomic E-state index is 0.387. The molecule has 0 aliphatic carbocycles. The highest BCUT2D eigenvalue weighted by atomic mass is 15.1. The van der Waals surface area contributed by atoms with Gasteiger partial charge in [-0.05, 0) is 32.4 Å². The molecule has 10 heavy (non-hydrogen) atoms. The topological polar surface area (TPSA) is 24.1 Å². The Hall–Kier alpha value is -0.0800. The van der Waals surface area contributed by atoms with Crippen LogP contribution >= 0.6 is 0 Å². The van der Waals surface area contributed by atoms with Crippen LogP contribution < -0.4 is 10.6 Å². The Morgan fingerprint density at radius 2 is 2.10 bits per heavy atom. The summed E-state index contributed by atoms with van der Waals surface area (Å²) in [6, 6.07) is 0. The van der Waals surface area contributed by atoms with Crippen LogP contribution in [0.3, 0.4) is 0 Å². The second-order valence-corrected chi connectivity index (χ2v) is 3.39. The summed E-state index contributed by atoms with van der Waals surface area (Å²) in [5.74, 6) is 0. The van der Waals surface area contributed by atoms with Gasteiger partial charge >= 0.3 is 0 Å². The largest absolute Gasteiger partial charge is 0.311 e. The summed E-state index contributed by atoms with van der Waals surface area (Å²) < 4.78 is 0. The molecule has 0 bridgehead atoms. The van der Waals surface area contributed by atoms with Crippen LogP contribution in [0.5, 0.6) is 0 Å². The molecule has 2 fully saturated rings. The number of hydrogen-bond donors (Lipinski definition) is 2. The van der Waals surface area contributed by atoms with E-state index in [0.29, 0.717) is 5.54 Å². The van der Waals surface area contributed by atoms with Crippen LogP contribution in [0.1, 0.15) is 25.7 Å². The van der Waals surface area contributed by atoms with Crippen molar-refractivity contribution in [3.63, 3.8) is 0 Å². The summed E-state index contributed by atoms with van der Waals surface area (Å²) in [5.41, 5.74) is 0.387. The highest BCUT2D eigenvalue weighted by Crippen LogP contribution is 2.27. The molecule has 2 rings (SSSR count). The fraction of sp³-hybridized carbons (Fsp3) is 0.875. The second-order valence-electron chi connectivity index (χ2n) is 3.39. The van der Waals surface area contributed by atoms with Gasteiger partial charge in [-0.15, -0.1) is 0 Å². The number of nitrogens with one attached hydrogen (secondary N) is 2. The first-order valence-electron chi connectivity index (χ1n) is 4.24. The fourth-order valence-corrected chi connectivity index (χ4v) is 1.96. The molecule has 0 aromatic rings. The second kappa shape index (κ2) is 2.51. The van der Waals surface area contributed by atoms with Gasteiger partial charge < -0.3 is 10.6 Å². The average Bonchev–Trinajstić information content (AvgIpc) is 2.39.